The highest BCUT2D eigenvalue weighted by Crippen LogP contribution is 2.29. The molecule has 0 fully saturated rings. The summed E-state index contributed by atoms with van der Waals surface area (Å²) in [5.74, 6) is 1.65. The van der Waals surface area contributed by atoms with E-state index in [-0.39, 0.29) is 5.56 Å². The lowest BCUT2D eigenvalue weighted by molar-refractivity contribution is 0.415. The second kappa shape index (κ2) is 5.68. The summed E-state index contributed by atoms with van der Waals surface area (Å²) in [5, 5.41) is 1.73. The highest BCUT2D eigenvalue weighted by atomic mass is 32.2. The Morgan fingerprint density at radius 1 is 1.32 bits per heavy atom. The average Bonchev–Trinajstić information content (AvgIpc) is 2.80. The normalized spacial score (nSPS) is 11.5. The molecule has 0 aliphatic carbocycles. The number of benzene rings is 1. The molecule has 0 N–H and O–H groups in total. The molecule has 0 atom stereocenters. The molecule has 0 aliphatic rings. The predicted octanol–water partition coefficient (Wildman–Crippen LogP) is 3.03. The van der Waals surface area contributed by atoms with Crippen molar-refractivity contribution < 1.29 is 4.74 Å². The van der Waals surface area contributed by atoms with Crippen LogP contribution in [0.25, 0.3) is 21.9 Å². The van der Waals surface area contributed by atoms with Crippen LogP contribution in [0.4, 0.5) is 0 Å². The Kier molecular flexibility index (Phi) is 3.87. The van der Waals surface area contributed by atoms with E-state index in [4.69, 9.17) is 9.72 Å². The summed E-state index contributed by atoms with van der Waals surface area (Å²) in [7, 11) is 3.55. The maximum absolute atomic E-state index is 12.9. The number of ether oxygens (including phenoxy) is 1. The van der Waals surface area contributed by atoms with Crippen molar-refractivity contribution in [1.82, 2.24) is 14.1 Å². The van der Waals surface area contributed by atoms with Gasteiger partial charge in [-0.2, -0.15) is 0 Å². The molecule has 2 heterocycles. The highest BCUT2D eigenvalue weighted by molar-refractivity contribution is 7.99. The zero-order chi connectivity index (χ0) is 15.9. The van der Waals surface area contributed by atoms with Crippen LogP contribution in [0.1, 0.15) is 13.8 Å². The third kappa shape index (κ3) is 2.09. The molecule has 2 aromatic heterocycles. The topological polar surface area (TPSA) is 49.1 Å². The molecule has 0 radical (unpaired) electrons. The first-order chi connectivity index (χ1) is 10.6. The molecule has 0 saturated carbocycles. The number of hydrogen-bond donors (Lipinski definition) is 0. The molecule has 0 spiro atoms. The van der Waals surface area contributed by atoms with Gasteiger partial charge in [0.05, 0.1) is 12.6 Å². The fourth-order valence-electron chi connectivity index (χ4n) is 2.78. The molecular weight excluding hydrogens is 298 g/mol. The van der Waals surface area contributed by atoms with Crippen LogP contribution >= 0.6 is 11.8 Å². The first-order valence-corrected chi connectivity index (χ1v) is 8.30. The molecule has 3 rings (SSSR count). The lowest BCUT2D eigenvalue weighted by atomic mass is 10.2. The molecule has 116 valence electrons. The Morgan fingerprint density at radius 2 is 2.09 bits per heavy atom. The summed E-state index contributed by atoms with van der Waals surface area (Å²) < 4.78 is 8.97. The van der Waals surface area contributed by atoms with Gasteiger partial charge in [0.15, 0.2) is 5.16 Å². The maximum atomic E-state index is 12.9. The minimum atomic E-state index is 0.0149. The summed E-state index contributed by atoms with van der Waals surface area (Å²) in [6.45, 7) is 4.66. The number of aryl methyl sites for hydroxylation is 1. The van der Waals surface area contributed by atoms with Crippen LogP contribution in [-0.2, 0) is 13.6 Å². The maximum Gasteiger partial charge on any atom is 0.278 e. The standard InChI is InChI=1S/C16H19N3O2S/c1-5-19-15(20)14-13(17-16(19)22-6-2)11-9-10(21-4)7-8-12(11)18(14)3/h7-9H,5-6H2,1-4H3. The largest absolute Gasteiger partial charge is 0.497 e. The summed E-state index contributed by atoms with van der Waals surface area (Å²) >= 11 is 1.59. The van der Waals surface area contributed by atoms with Crippen LogP contribution in [0.2, 0.25) is 0 Å². The van der Waals surface area contributed by atoms with Gasteiger partial charge in [0, 0.05) is 19.0 Å². The van der Waals surface area contributed by atoms with Gasteiger partial charge in [0.2, 0.25) is 0 Å². The van der Waals surface area contributed by atoms with Crippen LogP contribution in [0.3, 0.4) is 0 Å². The molecule has 0 aliphatic heterocycles. The van der Waals surface area contributed by atoms with E-state index in [9.17, 15) is 4.79 Å². The quantitative estimate of drug-likeness (QED) is 0.548. The molecular formula is C16H19N3O2S. The summed E-state index contributed by atoms with van der Waals surface area (Å²) in [5.41, 5.74) is 2.40. The Hall–Kier alpha value is -1.95. The summed E-state index contributed by atoms with van der Waals surface area (Å²) in [4.78, 5) is 17.6. The van der Waals surface area contributed by atoms with Crippen LogP contribution < -0.4 is 10.3 Å². The number of nitrogens with zero attached hydrogens (tertiary/aromatic N) is 3. The van der Waals surface area contributed by atoms with E-state index in [0.717, 1.165) is 33.1 Å². The predicted molar refractivity (Wildman–Crippen MR) is 91.1 cm³/mol. The Labute approximate surface area is 132 Å². The number of thioether (sulfide) groups is 1. The fourth-order valence-corrected chi connectivity index (χ4v) is 3.56. The summed E-state index contributed by atoms with van der Waals surface area (Å²) in [6.07, 6.45) is 0. The van der Waals surface area contributed by atoms with E-state index in [1.165, 1.54) is 0 Å². The first-order valence-electron chi connectivity index (χ1n) is 7.32. The van der Waals surface area contributed by atoms with Gasteiger partial charge in [-0.05, 0) is 30.9 Å². The average molecular weight is 317 g/mol. The Morgan fingerprint density at radius 3 is 2.73 bits per heavy atom. The van der Waals surface area contributed by atoms with Crippen molar-refractivity contribution in [2.24, 2.45) is 7.05 Å². The minimum absolute atomic E-state index is 0.0149. The molecule has 0 amide bonds. The molecule has 3 aromatic rings. The van der Waals surface area contributed by atoms with E-state index in [1.807, 2.05) is 36.7 Å². The number of methoxy groups -OCH3 is 1. The molecule has 22 heavy (non-hydrogen) atoms. The molecule has 0 unspecified atom stereocenters. The molecule has 5 nitrogen and oxygen atoms in total. The summed E-state index contributed by atoms with van der Waals surface area (Å²) in [6, 6.07) is 5.82. The lowest BCUT2D eigenvalue weighted by Crippen LogP contribution is -2.23. The van der Waals surface area contributed by atoms with Crippen molar-refractivity contribution in [1.29, 1.82) is 0 Å². The number of rotatable bonds is 4. The third-order valence-corrected chi connectivity index (χ3v) is 4.71. The zero-order valence-corrected chi connectivity index (χ0v) is 14.0. The van der Waals surface area contributed by atoms with Crippen molar-refractivity contribution in [3.63, 3.8) is 0 Å². The van der Waals surface area contributed by atoms with E-state index < -0.39 is 0 Å². The fraction of sp³-hybridized carbons (Fsp3) is 0.375. The van der Waals surface area contributed by atoms with Crippen molar-refractivity contribution in [2.45, 2.75) is 25.5 Å². The smallest absolute Gasteiger partial charge is 0.278 e. The second-order valence-corrected chi connectivity index (χ2v) is 6.25. The van der Waals surface area contributed by atoms with E-state index >= 15 is 0 Å². The van der Waals surface area contributed by atoms with Gasteiger partial charge >= 0.3 is 0 Å². The van der Waals surface area contributed by atoms with Crippen LogP contribution in [0.5, 0.6) is 5.75 Å². The van der Waals surface area contributed by atoms with Crippen molar-refractivity contribution in [2.75, 3.05) is 12.9 Å². The monoisotopic (exact) mass is 317 g/mol. The van der Waals surface area contributed by atoms with Crippen LogP contribution in [0, 0.1) is 0 Å². The van der Waals surface area contributed by atoms with Gasteiger partial charge in [-0.3, -0.25) is 9.36 Å². The van der Waals surface area contributed by atoms with E-state index in [2.05, 4.69) is 6.92 Å². The number of hydrogen-bond acceptors (Lipinski definition) is 4. The molecule has 1 aromatic carbocycles. The zero-order valence-electron chi connectivity index (χ0n) is 13.2. The van der Waals surface area contributed by atoms with Gasteiger partial charge in [0.25, 0.3) is 5.56 Å². The third-order valence-electron chi connectivity index (χ3n) is 3.86. The minimum Gasteiger partial charge on any atom is -0.497 e. The van der Waals surface area contributed by atoms with Gasteiger partial charge in [-0.25, -0.2) is 4.98 Å². The number of aromatic nitrogens is 3. The van der Waals surface area contributed by atoms with Gasteiger partial charge in [-0.15, -0.1) is 0 Å². The van der Waals surface area contributed by atoms with Gasteiger partial charge in [0.1, 0.15) is 16.8 Å². The number of fused-ring (bicyclic) bond motifs is 3. The van der Waals surface area contributed by atoms with Crippen molar-refractivity contribution in [3.05, 3.63) is 28.6 Å². The van der Waals surface area contributed by atoms with Crippen LogP contribution in [0.15, 0.2) is 28.2 Å². The second-order valence-electron chi connectivity index (χ2n) is 5.02. The molecule has 6 heteroatoms. The molecule has 0 bridgehead atoms. The van der Waals surface area contributed by atoms with E-state index in [0.29, 0.717) is 12.1 Å². The highest BCUT2D eigenvalue weighted by Gasteiger charge is 2.17. The van der Waals surface area contributed by atoms with Crippen molar-refractivity contribution >= 4 is 33.7 Å². The van der Waals surface area contributed by atoms with Crippen molar-refractivity contribution in [3.8, 4) is 5.75 Å². The SMILES string of the molecule is CCSc1nc2c3cc(OC)ccc3n(C)c2c(=O)n1CC. The van der Waals surface area contributed by atoms with Gasteiger partial charge in [-0.1, -0.05) is 18.7 Å². The van der Waals surface area contributed by atoms with Crippen LogP contribution in [-0.4, -0.2) is 27.0 Å². The van der Waals surface area contributed by atoms with Gasteiger partial charge < -0.3 is 9.30 Å². The Bertz CT molecular complexity index is 911. The first kappa shape index (κ1) is 15.0. The molecule has 0 saturated heterocycles. The van der Waals surface area contributed by atoms with E-state index in [1.54, 1.807) is 23.4 Å². The lowest BCUT2D eigenvalue weighted by Gasteiger charge is -2.09. The Balaban J connectivity index is 2.48.